The maximum atomic E-state index is 13.0. The lowest BCUT2D eigenvalue weighted by Gasteiger charge is -2.24. The number of sulfone groups is 1. The molecule has 10 heteroatoms. The van der Waals surface area contributed by atoms with Crippen LogP contribution in [-0.2, 0) is 14.6 Å². The standard InChI is InChI=1S/C25H25ClN4O4S/c1-16-14-17(20-6-3-4-8-22(20)35(2,33)34)15-27-23(16)29-24(31)21-7-5-13-30(21)25(32)28-19-11-9-18(26)10-12-19/h3-4,6,8-12,14-15,21H,5,7,13H2,1-2H3,(H,28,32)(H,27,29,31). The van der Waals surface area contributed by atoms with E-state index in [-0.39, 0.29) is 16.8 Å². The van der Waals surface area contributed by atoms with Gasteiger partial charge < -0.3 is 15.5 Å². The molecule has 182 valence electrons. The number of benzene rings is 2. The number of nitrogens with one attached hydrogen (secondary N) is 2. The lowest BCUT2D eigenvalue weighted by Crippen LogP contribution is -2.45. The largest absolute Gasteiger partial charge is 0.322 e. The summed E-state index contributed by atoms with van der Waals surface area (Å²) in [5.74, 6) is 0.0363. The zero-order chi connectivity index (χ0) is 25.2. The number of pyridine rings is 1. The van der Waals surface area contributed by atoms with Crippen molar-refractivity contribution < 1.29 is 18.0 Å². The van der Waals surface area contributed by atoms with Crippen molar-refractivity contribution >= 4 is 44.9 Å². The van der Waals surface area contributed by atoms with Crippen LogP contribution in [0.1, 0.15) is 18.4 Å². The summed E-state index contributed by atoms with van der Waals surface area (Å²) in [5.41, 5.74) is 2.44. The maximum Gasteiger partial charge on any atom is 0.322 e. The molecular formula is C25H25ClN4O4S. The van der Waals surface area contributed by atoms with Crippen LogP contribution in [0.15, 0.2) is 65.7 Å². The monoisotopic (exact) mass is 512 g/mol. The molecule has 1 atom stereocenters. The van der Waals surface area contributed by atoms with Gasteiger partial charge in [0.25, 0.3) is 0 Å². The molecule has 0 aliphatic carbocycles. The van der Waals surface area contributed by atoms with Crippen LogP contribution in [0.5, 0.6) is 0 Å². The van der Waals surface area contributed by atoms with Crippen molar-refractivity contribution in [3.8, 4) is 11.1 Å². The summed E-state index contributed by atoms with van der Waals surface area (Å²) in [6.07, 6.45) is 3.95. The zero-order valence-corrected chi connectivity index (χ0v) is 20.9. The molecule has 2 N–H and O–H groups in total. The predicted molar refractivity (Wildman–Crippen MR) is 136 cm³/mol. The molecule has 1 unspecified atom stereocenters. The van der Waals surface area contributed by atoms with Crippen molar-refractivity contribution in [2.45, 2.75) is 30.7 Å². The van der Waals surface area contributed by atoms with E-state index in [1.807, 2.05) is 0 Å². The molecule has 0 radical (unpaired) electrons. The second kappa shape index (κ2) is 10.1. The molecule has 1 fully saturated rings. The van der Waals surface area contributed by atoms with E-state index in [0.717, 1.165) is 6.26 Å². The van der Waals surface area contributed by atoms with Crippen LogP contribution in [0.3, 0.4) is 0 Å². The Bertz CT molecular complexity index is 1380. The number of carbonyl (C=O) groups excluding carboxylic acids is 2. The Kier molecular flexibility index (Phi) is 7.09. The van der Waals surface area contributed by atoms with Crippen molar-refractivity contribution in [3.63, 3.8) is 0 Å². The fourth-order valence-electron chi connectivity index (χ4n) is 4.09. The van der Waals surface area contributed by atoms with E-state index in [9.17, 15) is 18.0 Å². The number of amides is 3. The molecule has 2 aromatic carbocycles. The van der Waals surface area contributed by atoms with Crippen LogP contribution in [0, 0.1) is 6.92 Å². The lowest BCUT2D eigenvalue weighted by molar-refractivity contribution is -0.119. The smallest absolute Gasteiger partial charge is 0.312 e. The lowest BCUT2D eigenvalue weighted by atomic mass is 10.1. The number of aromatic nitrogens is 1. The molecular weight excluding hydrogens is 488 g/mol. The van der Waals surface area contributed by atoms with Crippen LogP contribution in [0.4, 0.5) is 16.3 Å². The Morgan fingerprint density at radius 3 is 2.49 bits per heavy atom. The highest BCUT2D eigenvalue weighted by molar-refractivity contribution is 7.90. The number of urea groups is 1. The first kappa shape index (κ1) is 24.7. The molecule has 1 saturated heterocycles. The minimum atomic E-state index is -3.42. The quantitative estimate of drug-likeness (QED) is 0.513. The fraction of sp³-hybridized carbons (Fsp3) is 0.240. The van der Waals surface area contributed by atoms with Crippen molar-refractivity contribution in [2.24, 2.45) is 0 Å². The number of aryl methyl sites for hydroxylation is 1. The molecule has 1 aliphatic rings. The summed E-state index contributed by atoms with van der Waals surface area (Å²) in [7, 11) is -3.42. The number of hydrogen-bond donors (Lipinski definition) is 2. The topological polar surface area (TPSA) is 108 Å². The second-order valence-electron chi connectivity index (χ2n) is 8.44. The highest BCUT2D eigenvalue weighted by Gasteiger charge is 2.34. The number of halogens is 1. The van der Waals surface area contributed by atoms with Crippen molar-refractivity contribution in [1.29, 1.82) is 0 Å². The van der Waals surface area contributed by atoms with Crippen LogP contribution < -0.4 is 10.6 Å². The molecule has 3 aromatic rings. The number of rotatable bonds is 5. The molecule has 1 aliphatic heterocycles. The number of hydrogen-bond acceptors (Lipinski definition) is 5. The third-order valence-corrected chi connectivity index (χ3v) is 7.24. The summed E-state index contributed by atoms with van der Waals surface area (Å²) in [5, 5.41) is 6.19. The molecule has 35 heavy (non-hydrogen) atoms. The van der Waals surface area contributed by atoms with Crippen molar-refractivity contribution in [3.05, 3.63) is 71.4 Å². The highest BCUT2D eigenvalue weighted by atomic mass is 35.5. The van der Waals surface area contributed by atoms with E-state index < -0.39 is 15.9 Å². The van der Waals surface area contributed by atoms with Gasteiger partial charge in [0.15, 0.2) is 9.84 Å². The first-order chi connectivity index (χ1) is 16.6. The van der Waals surface area contributed by atoms with Crippen LogP contribution in [0.2, 0.25) is 5.02 Å². The molecule has 1 aromatic heterocycles. The third-order valence-electron chi connectivity index (χ3n) is 5.83. The van der Waals surface area contributed by atoms with Crippen LogP contribution in [-0.4, -0.2) is 49.1 Å². The molecule has 0 saturated carbocycles. The van der Waals surface area contributed by atoms with Gasteiger partial charge in [-0.2, -0.15) is 0 Å². The Hall–Kier alpha value is -3.43. The maximum absolute atomic E-state index is 13.0. The van der Waals surface area contributed by atoms with E-state index >= 15 is 0 Å². The molecule has 4 rings (SSSR count). The van der Waals surface area contributed by atoms with E-state index in [0.29, 0.717) is 52.6 Å². The van der Waals surface area contributed by atoms with Gasteiger partial charge in [-0.25, -0.2) is 18.2 Å². The number of likely N-dealkylation sites (tertiary alicyclic amines) is 1. The van der Waals surface area contributed by atoms with Gasteiger partial charge in [0, 0.05) is 40.8 Å². The van der Waals surface area contributed by atoms with Crippen molar-refractivity contribution in [2.75, 3.05) is 23.4 Å². The SMILES string of the molecule is Cc1cc(-c2ccccc2S(C)(=O)=O)cnc1NC(=O)C1CCCN1C(=O)Nc1ccc(Cl)cc1. The minimum absolute atomic E-state index is 0.214. The Labute approximate surface area is 209 Å². The molecule has 2 heterocycles. The normalized spacial score (nSPS) is 15.6. The van der Waals surface area contributed by atoms with Gasteiger partial charge in [0.2, 0.25) is 5.91 Å². The minimum Gasteiger partial charge on any atom is -0.312 e. The van der Waals surface area contributed by atoms with Gasteiger partial charge in [0.1, 0.15) is 11.9 Å². The average molecular weight is 513 g/mol. The summed E-state index contributed by atoms with van der Waals surface area (Å²) in [4.78, 5) is 31.9. The first-order valence-corrected chi connectivity index (χ1v) is 13.3. The number of carbonyl (C=O) groups is 2. The first-order valence-electron chi connectivity index (χ1n) is 11.0. The summed E-state index contributed by atoms with van der Waals surface area (Å²) in [6.45, 7) is 2.25. The number of anilines is 2. The van der Waals surface area contributed by atoms with Gasteiger partial charge >= 0.3 is 6.03 Å². The van der Waals surface area contributed by atoms with E-state index in [1.165, 1.54) is 11.1 Å². The van der Waals surface area contributed by atoms with E-state index in [1.54, 1.807) is 61.5 Å². The zero-order valence-electron chi connectivity index (χ0n) is 19.3. The average Bonchev–Trinajstić information content (AvgIpc) is 3.32. The highest BCUT2D eigenvalue weighted by Crippen LogP contribution is 2.29. The summed E-state index contributed by atoms with van der Waals surface area (Å²) >= 11 is 5.89. The van der Waals surface area contributed by atoms with Crippen LogP contribution in [0.25, 0.3) is 11.1 Å². The Morgan fingerprint density at radius 2 is 1.80 bits per heavy atom. The molecule has 3 amide bonds. The van der Waals surface area contributed by atoms with Crippen LogP contribution >= 0.6 is 11.6 Å². The molecule has 0 spiro atoms. The molecule has 0 bridgehead atoms. The predicted octanol–water partition coefficient (Wildman–Crippen LogP) is 4.75. The van der Waals surface area contributed by atoms with Gasteiger partial charge in [-0.05, 0) is 61.7 Å². The Morgan fingerprint density at radius 1 is 1.09 bits per heavy atom. The number of nitrogens with zero attached hydrogens (tertiary/aromatic N) is 2. The second-order valence-corrected chi connectivity index (χ2v) is 10.9. The Balaban J connectivity index is 1.49. The fourth-order valence-corrected chi connectivity index (χ4v) is 5.13. The van der Waals surface area contributed by atoms with Gasteiger partial charge in [-0.1, -0.05) is 29.8 Å². The van der Waals surface area contributed by atoms with Gasteiger partial charge in [-0.3, -0.25) is 4.79 Å². The van der Waals surface area contributed by atoms with E-state index in [4.69, 9.17) is 11.6 Å². The van der Waals surface area contributed by atoms with E-state index in [2.05, 4.69) is 15.6 Å². The third kappa shape index (κ3) is 5.63. The van der Waals surface area contributed by atoms with Gasteiger partial charge in [0.05, 0.1) is 4.90 Å². The molecule has 8 nitrogen and oxygen atoms in total. The van der Waals surface area contributed by atoms with Crippen molar-refractivity contribution in [1.82, 2.24) is 9.88 Å². The summed E-state index contributed by atoms with van der Waals surface area (Å²) < 4.78 is 24.3. The summed E-state index contributed by atoms with van der Waals surface area (Å²) in [6, 6.07) is 14.3. The van der Waals surface area contributed by atoms with Gasteiger partial charge in [-0.15, -0.1) is 0 Å².